The summed E-state index contributed by atoms with van der Waals surface area (Å²) >= 11 is 0. The van der Waals surface area contributed by atoms with Gasteiger partial charge in [0.25, 0.3) is 0 Å². The molecule has 1 aliphatic rings. The second-order valence-corrected chi connectivity index (χ2v) is 4.33. The van der Waals surface area contributed by atoms with Gasteiger partial charge in [0.05, 0.1) is 18.4 Å². The van der Waals surface area contributed by atoms with Gasteiger partial charge in [-0.25, -0.2) is 0 Å². The average molecular weight is 234 g/mol. The van der Waals surface area contributed by atoms with Crippen molar-refractivity contribution in [2.24, 2.45) is 0 Å². The lowest BCUT2D eigenvalue weighted by Crippen LogP contribution is -2.46. The van der Waals surface area contributed by atoms with Crippen molar-refractivity contribution in [3.8, 4) is 0 Å². The Hall–Kier alpha value is -1.46. The number of hydrogen-bond donors (Lipinski definition) is 2. The van der Waals surface area contributed by atoms with Crippen LogP contribution < -0.4 is 10.6 Å². The fraction of sp³-hybridized carbons (Fsp3) is 0.500. The van der Waals surface area contributed by atoms with Crippen LogP contribution in [-0.4, -0.2) is 48.5 Å². The lowest BCUT2D eigenvalue weighted by Gasteiger charge is -2.26. The number of hydrogen-bond acceptors (Lipinski definition) is 4. The minimum Gasteiger partial charge on any atom is -0.324 e. The fourth-order valence-corrected chi connectivity index (χ4v) is 1.90. The van der Waals surface area contributed by atoms with E-state index in [1.807, 2.05) is 13.0 Å². The average Bonchev–Trinajstić information content (AvgIpc) is 2.30. The molecule has 1 saturated heterocycles. The molecule has 92 valence electrons. The maximum atomic E-state index is 11.8. The molecular formula is C12H18N4O. The topological polar surface area (TPSA) is 57.3 Å². The fourth-order valence-electron chi connectivity index (χ4n) is 1.90. The number of carbonyl (C=O) groups excluding carboxylic acids is 1. The van der Waals surface area contributed by atoms with Crippen LogP contribution in [0.1, 0.15) is 5.56 Å². The predicted molar refractivity (Wildman–Crippen MR) is 66.9 cm³/mol. The maximum Gasteiger partial charge on any atom is 0.238 e. The molecule has 1 aliphatic heterocycles. The third-order valence-electron chi connectivity index (χ3n) is 2.74. The number of rotatable bonds is 3. The van der Waals surface area contributed by atoms with Crippen molar-refractivity contribution in [3.05, 3.63) is 24.0 Å². The number of aromatic nitrogens is 1. The molecule has 0 unspecified atom stereocenters. The van der Waals surface area contributed by atoms with Crippen LogP contribution in [-0.2, 0) is 4.79 Å². The van der Waals surface area contributed by atoms with Gasteiger partial charge in [0.2, 0.25) is 5.91 Å². The predicted octanol–water partition coefficient (Wildman–Crippen LogP) is 0.234. The summed E-state index contributed by atoms with van der Waals surface area (Å²) in [5.41, 5.74) is 1.81. The molecule has 17 heavy (non-hydrogen) atoms. The number of anilines is 1. The summed E-state index contributed by atoms with van der Waals surface area (Å²) in [5.74, 6) is 0.0271. The van der Waals surface area contributed by atoms with Gasteiger partial charge in [0.15, 0.2) is 0 Å². The molecule has 0 aromatic carbocycles. The zero-order chi connectivity index (χ0) is 12.1. The first kappa shape index (κ1) is 12.0. The van der Waals surface area contributed by atoms with Crippen molar-refractivity contribution >= 4 is 11.6 Å². The van der Waals surface area contributed by atoms with Gasteiger partial charge in [-0.2, -0.15) is 0 Å². The van der Waals surface area contributed by atoms with E-state index in [0.717, 1.165) is 37.4 Å². The number of piperazine rings is 1. The molecule has 0 radical (unpaired) electrons. The van der Waals surface area contributed by atoms with Crippen molar-refractivity contribution in [2.45, 2.75) is 6.92 Å². The summed E-state index contributed by atoms with van der Waals surface area (Å²) in [4.78, 5) is 18.0. The van der Waals surface area contributed by atoms with Crippen molar-refractivity contribution in [1.82, 2.24) is 15.2 Å². The van der Waals surface area contributed by atoms with Crippen molar-refractivity contribution in [2.75, 3.05) is 38.0 Å². The number of aryl methyl sites for hydroxylation is 1. The SMILES string of the molecule is Cc1cncc(NC(=O)CN2CCNCC2)c1. The number of nitrogens with one attached hydrogen (secondary N) is 2. The van der Waals surface area contributed by atoms with Gasteiger partial charge in [0, 0.05) is 32.4 Å². The van der Waals surface area contributed by atoms with Crippen molar-refractivity contribution < 1.29 is 4.79 Å². The standard InChI is InChI=1S/C12H18N4O/c1-10-6-11(8-14-7-10)15-12(17)9-16-4-2-13-3-5-16/h6-8,13H,2-5,9H2,1H3,(H,15,17). The van der Waals surface area contributed by atoms with E-state index in [2.05, 4.69) is 20.5 Å². The molecule has 2 rings (SSSR count). The normalized spacial score (nSPS) is 16.8. The van der Waals surface area contributed by atoms with Gasteiger partial charge in [-0.3, -0.25) is 14.7 Å². The van der Waals surface area contributed by atoms with Gasteiger partial charge >= 0.3 is 0 Å². The van der Waals surface area contributed by atoms with E-state index in [0.29, 0.717) is 6.54 Å². The summed E-state index contributed by atoms with van der Waals surface area (Å²) in [6, 6.07) is 1.92. The van der Waals surface area contributed by atoms with E-state index in [1.165, 1.54) is 0 Å². The first-order valence-corrected chi connectivity index (χ1v) is 5.88. The van der Waals surface area contributed by atoms with Crippen LogP contribution >= 0.6 is 0 Å². The van der Waals surface area contributed by atoms with Crippen LogP contribution in [0.3, 0.4) is 0 Å². The van der Waals surface area contributed by atoms with Crippen LogP contribution in [0.4, 0.5) is 5.69 Å². The van der Waals surface area contributed by atoms with E-state index in [1.54, 1.807) is 12.4 Å². The molecule has 0 atom stereocenters. The first-order valence-electron chi connectivity index (χ1n) is 5.88. The van der Waals surface area contributed by atoms with Crippen molar-refractivity contribution in [1.29, 1.82) is 0 Å². The van der Waals surface area contributed by atoms with E-state index >= 15 is 0 Å². The Balaban J connectivity index is 1.84. The second kappa shape index (κ2) is 5.75. The summed E-state index contributed by atoms with van der Waals surface area (Å²) < 4.78 is 0. The van der Waals surface area contributed by atoms with Gasteiger partial charge < -0.3 is 10.6 Å². The molecule has 0 aliphatic carbocycles. The Kier molecular flexibility index (Phi) is 4.06. The van der Waals surface area contributed by atoms with E-state index in [4.69, 9.17) is 0 Å². The lowest BCUT2D eigenvalue weighted by atomic mass is 10.3. The Bertz CT molecular complexity index is 388. The molecule has 5 nitrogen and oxygen atoms in total. The Morgan fingerprint density at radius 3 is 2.94 bits per heavy atom. The highest BCUT2D eigenvalue weighted by molar-refractivity contribution is 5.92. The van der Waals surface area contributed by atoms with Gasteiger partial charge in [-0.1, -0.05) is 0 Å². The molecule has 1 amide bonds. The summed E-state index contributed by atoms with van der Waals surface area (Å²) in [6.07, 6.45) is 3.44. The highest BCUT2D eigenvalue weighted by atomic mass is 16.2. The third kappa shape index (κ3) is 3.80. The highest BCUT2D eigenvalue weighted by Crippen LogP contribution is 2.07. The van der Waals surface area contributed by atoms with Gasteiger partial charge in [0.1, 0.15) is 0 Å². The second-order valence-electron chi connectivity index (χ2n) is 4.33. The zero-order valence-electron chi connectivity index (χ0n) is 10.1. The minimum atomic E-state index is 0.0271. The molecule has 0 spiro atoms. The van der Waals surface area contributed by atoms with Crippen LogP contribution in [0.2, 0.25) is 0 Å². The van der Waals surface area contributed by atoms with Gasteiger partial charge in [-0.15, -0.1) is 0 Å². The monoisotopic (exact) mass is 234 g/mol. The van der Waals surface area contributed by atoms with Crippen LogP contribution in [0.15, 0.2) is 18.5 Å². The Morgan fingerprint density at radius 2 is 2.24 bits per heavy atom. The van der Waals surface area contributed by atoms with Gasteiger partial charge in [-0.05, 0) is 18.6 Å². The molecule has 1 aromatic rings. The zero-order valence-corrected chi connectivity index (χ0v) is 10.1. The minimum absolute atomic E-state index is 0.0271. The number of carbonyl (C=O) groups is 1. The maximum absolute atomic E-state index is 11.8. The summed E-state index contributed by atoms with van der Waals surface area (Å²) in [6.45, 7) is 6.19. The summed E-state index contributed by atoms with van der Waals surface area (Å²) in [7, 11) is 0. The molecule has 0 saturated carbocycles. The quantitative estimate of drug-likeness (QED) is 0.786. The van der Waals surface area contributed by atoms with E-state index in [-0.39, 0.29) is 5.91 Å². The first-order chi connectivity index (χ1) is 8.24. The van der Waals surface area contributed by atoms with Crippen molar-refractivity contribution in [3.63, 3.8) is 0 Å². The molecule has 1 aromatic heterocycles. The molecule has 2 N–H and O–H groups in total. The molecular weight excluding hydrogens is 216 g/mol. The summed E-state index contributed by atoms with van der Waals surface area (Å²) in [5, 5.41) is 6.13. The highest BCUT2D eigenvalue weighted by Gasteiger charge is 2.13. The molecule has 5 heteroatoms. The molecule has 2 heterocycles. The van der Waals surface area contributed by atoms with E-state index in [9.17, 15) is 4.79 Å². The third-order valence-corrected chi connectivity index (χ3v) is 2.74. The molecule has 0 bridgehead atoms. The van der Waals surface area contributed by atoms with E-state index < -0.39 is 0 Å². The lowest BCUT2D eigenvalue weighted by molar-refractivity contribution is -0.117. The number of nitrogens with zero attached hydrogens (tertiary/aromatic N) is 2. The Morgan fingerprint density at radius 1 is 1.47 bits per heavy atom. The van der Waals surface area contributed by atoms with Crippen LogP contribution in [0.5, 0.6) is 0 Å². The Labute approximate surface area is 101 Å². The van der Waals surface area contributed by atoms with Crippen LogP contribution in [0.25, 0.3) is 0 Å². The number of pyridine rings is 1. The number of amides is 1. The smallest absolute Gasteiger partial charge is 0.238 e. The molecule has 1 fully saturated rings. The van der Waals surface area contributed by atoms with Crippen LogP contribution in [0, 0.1) is 6.92 Å². The largest absolute Gasteiger partial charge is 0.324 e.